The van der Waals surface area contributed by atoms with E-state index in [2.05, 4.69) is 25.8 Å². The Balaban J connectivity index is 1.30. The van der Waals surface area contributed by atoms with Gasteiger partial charge in [-0.25, -0.2) is 9.37 Å². The summed E-state index contributed by atoms with van der Waals surface area (Å²) in [5, 5.41) is 4.80. The van der Waals surface area contributed by atoms with Crippen molar-refractivity contribution in [3.05, 3.63) is 47.7 Å². The van der Waals surface area contributed by atoms with Gasteiger partial charge in [0.25, 0.3) is 5.78 Å². The first-order chi connectivity index (χ1) is 14.7. The smallest absolute Gasteiger partial charge is 0.254 e. The van der Waals surface area contributed by atoms with Gasteiger partial charge in [0.15, 0.2) is 5.82 Å². The minimum Gasteiger partial charge on any atom is -0.367 e. The third-order valence-electron chi connectivity index (χ3n) is 6.08. The monoisotopic (exact) mass is 409 g/mol. The van der Waals surface area contributed by atoms with Crippen molar-refractivity contribution in [1.29, 1.82) is 0 Å². The summed E-state index contributed by atoms with van der Waals surface area (Å²) in [6, 6.07) is 9.12. The molecule has 0 spiro atoms. The Kier molecular flexibility index (Phi) is 5.25. The van der Waals surface area contributed by atoms with E-state index in [0.717, 1.165) is 56.6 Å². The van der Waals surface area contributed by atoms with Crippen molar-refractivity contribution in [3.8, 4) is 0 Å². The van der Waals surface area contributed by atoms with Crippen LogP contribution < -0.4 is 9.80 Å². The lowest BCUT2D eigenvalue weighted by Crippen LogP contribution is -2.46. The molecule has 4 heterocycles. The van der Waals surface area contributed by atoms with E-state index in [9.17, 15) is 4.39 Å². The summed E-state index contributed by atoms with van der Waals surface area (Å²) in [5.74, 6) is 2.42. The van der Waals surface area contributed by atoms with Crippen LogP contribution in [0.25, 0.3) is 5.78 Å². The van der Waals surface area contributed by atoms with Gasteiger partial charge in [-0.2, -0.15) is 9.50 Å². The molecule has 8 heteroatoms. The van der Waals surface area contributed by atoms with Gasteiger partial charge in [-0.3, -0.25) is 4.90 Å². The molecule has 0 N–H and O–H groups in total. The number of para-hydroxylation sites is 1. The highest BCUT2D eigenvalue weighted by Crippen LogP contribution is 2.22. The van der Waals surface area contributed by atoms with Crippen molar-refractivity contribution in [2.75, 3.05) is 49.1 Å². The van der Waals surface area contributed by atoms with E-state index in [0.29, 0.717) is 18.0 Å². The largest absolute Gasteiger partial charge is 0.367 e. The number of rotatable bonds is 4. The van der Waals surface area contributed by atoms with Gasteiger partial charge in [0, 0.05) is 51.0 Å². The van der Waals surface area contributed by atoms with Crippen molar-refractivity contribution in [1.82, 2.24) is 24.5 Å². The van der Waals surface area contributed by atoms with Crippen molar-refractivity contribution in [2.45, 2.75) is 32.7 Å². The Morgan fingerprint density at radius 1 is 0.900 bits per heavy atom. The number of aryl methyl sites for hydroxylation is 1. The number of benzene rings is 1. The minimum atomic E-state index is -0.153. The zero-order valence-corrected chi connectivity index (χ0v) is 17.5. The Morgan fingerprint density at radius 3 is 2.43 bits per heavy atom. The quantitative estimate of drug-likeness (QED) is 0.661. The summed E-state index contributed by atoms with van der Waals surface area (Å²) < 4.78 is 16.0. The Bertz CT molecular complexity index is 1020. The normalized spacial score (nSPS) is 18.3. The van der Waals surface area contributed by atoms with Gasteiger partial charge in [0.2, 0.25) is 0 Å². The maximum atomic E-state index is 14.1. The van der Waals surface area contributed by atoms with Crippen LogP contribution in [0.15, 0.2) is 30.3 Å². The molecule has 1 aromatic carbocycles. The molecular formula is C22H28FN7. The molecule has 0 amide bonds. The topological polar surface area (TPSA) is 52.8 Å². The molecule has 5 rings (SSSR count). The van der Waals surface area contributed by atoms with E-state index in [1.165, 1.54) is 25.3 Å². The number of aromatic nitrogens is 4. The maximum Gasteiger partial charge on any atom is 0.254 e. The summed E-state index contributed by atoms with van der Waals surface area (Å²) >= 11 is 0. The van der Waals surface area contributed by atoms with E-state index in [-0.39, 0.29) is 5.82 Å². The molecule has 2 aliphatic heterocycles. The number of nitrogens with zero attached hydrogens (tertiary/aromatic N) is 7. The van der Waals surface area contributed by atoms with E-state index in [4.69, 9.17) is 10.1 Å². The molecule has 2 aliphatic rings. The summed E-state index contributed by atoms with van der Waals surface area (Å²) in [7, 11) is 0. The molecule has 3 aromatic rings. The first-order valence-corrected chi connectivity index (χ1v) is 10.9. The van der Waals surface area contributed by atoms with E-state index >= 15 is 0 Å². The summed E-state index contributed by atoms with van der Waals surface area (Å²) in [4.78, 5) is 16.2. The fourth-order valence-corrected chi connectivity index (χ4v) is 4.48. The molecule has 2 aromatic heterocycles. The standard InChI is InChI=1S/C22H28FN7/c1-17-15-21(29-9-5-2-6-10-29)30-22(24-17)25-20(26-30)16-27-11-13-28(14-12-27)19-8-4-3-7-18(19)23/h3-4,7-8,15H,2,5-6,9-14,16H2,1H3. The molecule has 2 saturated heterocycles. The van der Waals surface area contributed by atoms with Gasteiger partial charge in [-0.05, 0) is 38.3 Å². The van der Waals surface area contributed by atoms with Crippen LogP contribution in [0.5, 0.6) is 0 Å². The predicted molar refractivity (Wildman–Crippen MR) is 115 cm³/mol. The number of anilines is 2. The molecule has 158 valence electrons. The molecule has 0 saturated carbocycles. The van der Waals surface area contributed by atoms with Crippen molar-refractivity contribution in [2.24, 2.45) is 0 Å². The van der Waals surface area contributed by atoms with Gasteiger partial charge in [0.05, 0.1) is 12.2 Å². The van der Waals surface area contributed by atoms with Crippen LogP contribution in [0.1, 0.15) is 30.8 Å². The second-order valence-electron chi connectivity index (χ2n) is 8.26. The van der Waals surface area contributed by atoms with Crippen molar-refractivity contribution in [3.63, 3.8) is 0 Å². The number of piperazine rings is 1. The van der Waals surface area contributed by atoms with Crippen molar-refractivity contribution < 1.29 is 4.39 Å². The minimum absolute atomic E-state index is 0.153. The zero-order valence-electron chi connectivity index (χ0n) is 17.5. The van der Waals surface area contributed by atoms with Crippen LogP contribution in [-0.2, 0) is 6.54 Å². The molecule has 0 bridgehead atoms. The Hall–Kier alpha value is -2.74. The van der Waals surface area contributed by atoms with E-state index < -0.39 is 0 Å². The highest BCUT2D eigenvalue weighted by Gasteiger charge is 2.22. The third-order valence-corrected chi connectivity index (χ3v) is 6.08. The van der Waals surface area contributed by atoms with Gasteiger partial charge in [-0.1, -0.05) is 12.1 Å². The molecule has 0 aliphatic carbocycles. The summed E-state index contributed by atoms with van der Waals surface area (Å²) in [6.45, 7) is 8.13. The van der Waals surface area contributed by atoms with Crippen LogP contribution in [0.4, 0.5) is 15.9 Å². The SMILES string of the molecule is Cc1cc(N2CCCCC2)n2nc(CN3CCN(c4ccccc4F)CC3)nc2n1. The first-order valence-electron chi connectivity index (χ1n) is 10.9. The van der Waals surface area contributed by atoms with E-state index in [1.54, 1.807) is 6.07 Å². The number of piperidine rings is 1. The number of hydrogen-bond donors (Lipinski definition) is 0. The molecule has 7 nitrogen and oxygen atoms in total. The average molecular weight is 410 g/mol. The third kappa shape index (κ3) is 3.84. The molecular weight excluding hydrogens is 381 g/mol. The lowest BCUT2D eigenvalue weighted by Gasteiger charge is -2.35. The van der Waals surface area contributed by atoms with Crippen molar-refractivity contribution >= 4 is 17.3 Å². The average Bonchev–Trinajstić information content (AvgIpc) is 3.17. The van der Waals surface area contributed by atoms with Gasteiger partial charge < -0.3 is 9.80 Å². The van der Waals surface area contributed by atoms with Crippen LogP contribution in [0, 0.1) is 12.7 Å². The molecule has 2 fully saturated rings. The summed E-state index contributed by atoms with van der Waals surface area (Å²) in [5.41, 5.74) is 1.66. The fourth-order valence-electron chi connectivity index (χ4n) is 4.48. The molecule has 0 unspecified atom stereocenters. The van der Waals surface area contributed by atoms with Crippen LogP contribution >= 0.6 is 0 Å². The van der Waals surface area contributed by atoms with Gasteiger partial charge >= 0.3 is 0 Å². The molecule has 0 radical (unpaired) electrons. The van der Waals surface area contributed by atoms with Crippen LogP contribution in [0.2, 0.25) is 0 Å². The van der Waals surface area contributed by atoms with Crippen LogP contribution in [-0.4, -0.2) is 63.8 Å². The predicted octanol–water partition coefficient (Wildman–Crippen LogP) is 2.88. The second kappa shape index (κ2) is 8.18. The fraction of sp³-hybridized carbons (Fsp3) is 0.500. The van der Waals surface area contributed by atoms with E-state index in [1.807, 2.05) is 23.6 Å². The number of halogens is 1. The Morgan fingerprint density at radius 2 is 1.67 bits per heavy atom. The number of hydrogen-bond acceptors (Lipinski definition) is 6. The zero-order chi connectivity index (χ0) is 20.5. The van der Waals surface area contributed by atoms with Gasteiger partial charge in [0.1, 0.15) is 11.6 Å². The summed E-state index contributed by atoms with van der Waals surface area (Å²) in [6.07, 6.45) is 3.73. The van der Waals surface area contributed by atoms with Crippen LogP contribution in [0.3, 0.4) is 0 Å². The molecule has 30 heavy (non-hydrogen) atoms. The lowest BCUT2D eigenvalue weighted by atomic mass is 10.1. The highest BCUT2D eigenvalue weighted by atomic mass is 19.1. The lowest BCUT2D eigenvalue weighted by molar-refractivity contribution is 0.243. The highest BCUT2D eigenvalue weighted by molar-refractivity contribution is 5.49. The first kappa shape index (κ1) is 19.2. The Labute approximate surface area is 176 Å². The van der Waals surface area contributed by atoms with Gasteiger partial charge in [-0.15, -0.1) is 5.10 Å². The molecule has 0 atom stereocenters. The maximum absolute atomic E-state index is 14.1. The second-order valence-corrected chi connectivity index (χ2v) is 8.26. The number of fused-ring (bicyclic) bond motifs is 1.